The normalized spacial score (nSPS) is 13.3. The van der Waals surface area contributed by atoms with Gasteiger partial charge in [0.25, 0.3) is 0 Å². The minimum atomic E-state index is 0.103. The van der Waals surface area contributed by atoms with Gasteiger partial charge in [0.15, 0.2) is 5.43 Å². The van der Waals surface area contributed by atoms with Gasteiger partial charge in [0, 0.05) is 4.90 Å². The van der Waals surface area contributed by atoms with Crippen molar-refractivity contribution < 1.29 is 0 Å². The molecule has 0 aliphatic heterocycles. The minimum absolute atomic E-state index is 0.103. The summed E-state index contributed by atoms with van der Waals surface area (Å²) in [7, 11) is 0. The number of thioether (sulfide) groups is 1. The van der Waals surface area contributed by atoms with E-state index in [1.54, 1.807) is 17.8 Å². The maximum Gasteiger partial charge on any atom is 0.178 e. The lowest BCUT2D eigenvalue weighted by Gasteiger charge is -2.12. The number of benzene rings is 1. The zero-order valence-electron chi connectivity index (χ0n) is 11.0. The third kappa shape index (κ3) is 2.33. The van der Waals surface area contributed by atoms with Crippen LogP contribution in [0.3, 0.4) is 0 Å². The Hall–Kier alpha value is -1.54. The summed E-state index contributed by atoms with van der Waals surface area (Å²) in [6.45, 7) is 0. The van der Waals surface area contributed by atoms with Crippen LogP contribution in [0.1, 0.15) is 17.5 Å². The van der Waals surface area contributed by atoms with Crippen molar-refractivity contribution in [2.75, 3.05) is 6.26 Å². The van der Waals surface area contributed by atoms with Crippen LogP contribution in [0, 0.1) is 0 Å². The molecule has 0 amide bonds. The maximum atomic E-state index is 11.7. The number of hydrogen-bond acceptors (Lipinski definition) is 2. The minimum Gasteiger partial charge on any atom is -0.290 e. The zero-order valence-corrected chi connectivity index (χ0v) is 11.8. The Bertz CT molecular complexity index is 676. The highest BCUT2D eigenvalue weighted by molar-refractivity contribution is 7.98. The van der Waals surface area contributed by atoms with Gasteiger partial charge in [-0.2, -0.15) is 0 Å². The summed E-state index contributed by atoms with van der Waals surface area (Å²) in [6.07, 6.45) is 5.31. The first-order chi connectivity index (χ1) is 9.29. The molecule has 1 aliphatic carbocycles. The van der Waals surface area contributed by atoms with Crippen molar-refractivity contribution in [2.45, 2.75) is 24.2 Å². The molecule has 0 aromatic heterocycles. The molecule has 0 radical (unpaired) electrons. The van der Waals surface area contributed by atoms with Gasteiger partial charge in [-0.25, -0.2) is 0 Å². The largest absolute Gasteiger partial charge is 0.290 e. The van der Waals surface area contributed by atoms with Crippen LogP contribution in [0.4, 0.5) is 0 Å². The van der Waals surface area contributed by atoms with Gasteiger partial charge < -0.3 is 0 Å². The van der Waals surface area contributed by atoms with E-state index < -0.39 is 0 Å². The quantitative estimate of drug-likeness (QED) is 0.729. The molecule has 0 heterocycles. The van der Waals surface area contributed by atoms with Crippen molar-refractivity contribution in [2.24, 2.45) is 0 Å². The third-order valence-electron chi connectivity index (χ3n) is 3.68. The van der Waals surface area contributed by atoms with Gasteiger partial charge >= 0.3 is 0 Å². The van der Waals surface area contributed by atoms with Gasteiger partial charge in [-0.3, -0.25) is 4.79 Å². The highest BCUT2D eigenvalue weighted by Crippen LogP contribution is 2.37. The van der Waals surface area contributed by atoms with Crippen molar-refractivity contribution in [3.63, 3.8) is 0 Å². The van der Waals surface area contributed by atoms with Crippen LogP contribution >= 0.6 is 11.8 Å². The molecule has 1 nitrogen and oxygen atoms in total. The van der Waals surface area contributed by atoms with Crippen LogP contribution in [0.15, 0.2) is 52.2 Å². The molecule has 0 saturated carbocycles. The van der Waals surface area contributed by atoms with Crippen molar-refractivity contribution in [1.82, 2.24) is 0 Å². The fourth-order valence-electron chi connectivity index (χ4n) is 2.82. The van der Waals surface area contributed by atoms with Crippen LogP contribution in [-0.2, 0) is 12.8 Å². The van der Waals surface area contributed by atoms with Crippen molar-refractivity contribution in [3.05, 3.63) is 63.8 Å². The Morgan fingerprint density at radius 3 is 2.63 bits per heavy atom. The van der Waals surface area contributed by atoms with Gasteiger partial charge in [-0.05, 0) is 66.0 Å². The summed E-state index contributed by atoms with van der Waals surface area (Å²) in [6, 6.07) is 14.0. The molecule has 2 aromatic rings. The summed E-state index contributed by atoms with van der Waals surface area (Å²) < 4.78 is 0. The molecule has 2 heteroatoms. The van der Waals surface area contributed by atoms with Gasteiger partial charge in [0.1, 0.15) is 0 Å². The highest BCUT2D eigenvalue weighted by Gasteiger charge is 2.16. The molecule has 0 saturated heterocycles. The van der Waals surface area contributed by atoms with Gasteiger partial charge in [-0.1, -0.05) is 24.3 Å². The molecular weight excluding hydrogens is 252 g/mol. The van der Waals surface area contributed by atoms with Crippen molar-refractivity contribution in [3.8, 4) is 11.1 Å². The topological polar surface area (TPSA) is 17.1 Å². The number of rotatable bonds is 1. The molecule has 1 aliphatic rings. The lowest BCUT2D eigenvalue weighted by molar-refractivity contribution is 0.834. The standard InChI is InChI=1S/C17H16OS/c1-19-16-10-3-6-12-5-2-7-13-11-14(18)8-4-9-15(13)17(12)16/h3-4,6,8-11H,2,5,7H2,1H3. The number of hydrogen-bond donors (Lipinski definition) is 0. The van der Waals surface area contributed by atoms with E-state index in [1.165, 1.54) is 27.1 Å². The second kappa shape index (κ2) is 5.22. The molecule has 19 heavy (non-hydrogen) atoms. The Morgan fingerprint density at radius 1 is 1.00 bits per heavy atom. The summed E-state index contributed by atoms with van der Waals surface area (Å²) in [5.41, 5.74) is 5.27. The smallest absolute Gasteiger partial charge is 0.178 e. The van der Waals surface area contributed by atoms with Crippen molar-refractivity contribution in [1.29, 1.82) is 0 Å². The van der Waals surface area contributed by atoms with E-state index in [9.17, 15) is 4.79 Å². The second-order valence-electron chi connectivity index (χ2n) is 4.86. The zero-order chi connectivity index (χ0) is 13.2. The van der Waals surface area contributed by atoms with Gasteiger partial charge in [0.05, 0.1) is 0 Å². The highest BCUT2D eigenvalue weighted by atomic mass is 32.2. The van der Waals surface area contributed by atoms with E-state index in [1.807, 2.05) is 12.1 Å². The van der Waals surface area contributed by atoms with Crippen LogP contribution in [-0.4, -0.2) is 6.26 Å². The first-order valence-corrected chi connectivity index (χ1v) is 7.81. The average Bonchev–Trinajstić information content (AvgIpc) is 2.69. The fourth-order valence-corrected chi connectivity index (χ4v) is 3.48. The monoisotopic (exact) mass is 268 g/mol. The van der Waals surface area contributed by atoms with Gasteiger partial charge in [-0.15, -0.1) is 11.8 Å². The van der Waals surface area contributed by atoms with Crippen LogP contribution in [0.25, 0.3) is 11.1 Å². The molecule has 96 valence electrons. The predicted octanol–water partition coefficient (Wildman–Crippen LogP) is 3.92. The molecule has 0 N–H and O–H groups in total. The summed E-state index contributed by atoms with van der Waals surface area (Å²) in [5.74, 6) is 0. The SMILES string of the molecule is CSc1cccc2c1-c1cccc(=O)cc1CCC2. The molecule has 0 spiro atoms. The van der Waals surface area contributed by atoms with Crippen LogP contribution in [0.2, 0.25) is 0 Å². The van der Waals surface area contributed by atoms with Crippen LogP contribution < -0.4 is 5.43 Å². The predicted molar refractivity (Wildman–Crippen MR) is 82.0 cm³/mol. The maximum absolute atomic E-state index is 11.7. The van der Waals surface area contributed by atoms with E-state index in [2.05, 4.69) is 30.5 Å². The molecule has 0 fully saturated rings. The van der Waals surface area contributed by atoms with E-state index in [4.69, 9.17) is 0 Å². The Labute approximate surface area is 117 Å². The first kappa shape index (κ1) is 12.5. The number of fused-ring (bicyclic) bond motifs is 3. The van der Waals surface area contributed by atoms with E-state index in [0.717, 1.165) is 19.3 Å². The van der Waals surface area contributed by atoms with E-state index >= 15 is 0 Å². The van der Waals surface area contributed by atoms with Gasteiger partial charge in [0.2, 0.25) is 0 Å². The third-order valence-corrected chi connectivity index (χ3v) is 4.46. The lowest BCUT2D eigenvalue weighted by Crippen LogP contribution is -1.94. The second-order valence-corrected chi connectivity index (χ2v) is 5.71. The van der Waals surface area contributed by atoms with E-state index in [0.29, 0.717) is 0 Å². The molecule has 2 aromatic carbocycles. The summed E-state index contributed by atoms with van der Waals surface area (Å²) >= 11 is 1.78. The summed E-state index contributed by atoms with van der Waals surface area (Å²) in [5, 5.41) is 0. The molecule has 0 unspecified atom stereocenters. The Balaban J connectivity index is 2.36. The van der Waals surface area contributed by atoms with E-state index in [-0.39, 0.29) is 5.43 Å². The molecule has 0 atom stereocenters. The fraction of sp³-hybridized carbons (Fsp3) is 0.235. The Morgan fingerprint density at radius 2 is 1.79 bits per heavy atom. The first-order valence-electron chi connectivity index (χ1n) is 6.59. The molecule has 3 rings (SSSR count). The Kier molecular flexibility index (Phi) is 3.43. The molecule has 0 bridgehead atoms. The van der Waals surface area contributed by atoms with Crippen LogP contribution in [0.5, 0.6) is 0 Å². The average molecular weight is 268 g/mol. The summed E-state index contributed by atoms with van der Waals surface area (Å²) in [4.78, 5) is 13.0. The van der Waals surface area contributed by atoms with Crippen molar-refractivity contribution >= 4 is 11.8 Å². The number of aryl methyl sites for hydroxylation is 2. The lowest BCUT2D eigenvalue weighted by atomic mass is 9.98. The molecular formula is C17H16OS.